The summed E-state index contributed by atoms with van der Waals surface area (Å²) in [5.41, 5.74) is 0.695. The van der Waals surface area contributed by atoms with Crippen LogP contribution in [0.5, 0.6) is 0 Å². The van der Waals surface area contributed by atoms with Gasteiger partial charge in [0.2, 0.25) is 0 Å². The predicted octanol–water partition coefficient (Wildman–Crippen LogP) is 3.19. The number of amides is 1. The molecule has 1 aliphatic rings. The number of aliphatic carboxylic acids is 1. The van der Waals surface area contributed by atoms with E-state index >= 15 is 0 Å². The Morgan fingerprint density at radius 3 is 2.35 bits per heavy atom. The van der Waals surface area contributed by atoms with E-state index in [1.165, 1.54) is 24.3 Å². The third kappa shape index (κ3) is 4.30. The van der Waals surface area contributed by atoms with E-state index in [1.807, 2.05) is 6.92 Å². The minimum absolute atomic E-state index is 0.0457. The first-order chi connectivity index (χ1) is 14.7. The molecule has 31 heavy (non-hydrogen) atoms. The van der Waals surface area contributed by atoms with Crippen LogP contribution in [0.4, 0.5) is 5.69 Å². The van der Waals surface area contributed by atoms with Crippen molar-refractivity contribution in [1.82, 2.24) is 4.90 Å². The number of aliphatic hydroxyl groups excluding tert-OH is 1. The molecular weight excluding hydrogens is 404 g/mol. The lowest BCUT2D eigenvalue weighted by molar-refractivity contribution is -0.385. The monoisotopic (exact) mass is 424 g/mol. The standard InChI is InChI=1S/C22H20N2O7/c1-13-8-10-14(11-9-13)20(27)18-19(15-5-2-3-6-16(15)24(30)31)23(22(29)21(18)28)12-4-7-17(25)26/h2-3,5-6,8-11,19,27H,4,7,12H2,1H3,(H,25,26)/b20-18+/t19-/m1/s1. The second kappa shape index (κ2) is 8.78. The number of nitrogens with zero attached hydrogens (tertiary/aromatic N) is 2. The SMILES string of the molecule is Cc1ccc(/C(O)=C2\C(=O)C(=O)N(CCCC(=O)O)[C@@H]2c2ccccc2[N+](=O)[O-])cc1. The van der Waals surface area contributed by atoms with E-state index in [0.29, 0.717) is 0 Å². The number of carboxylic acid groups (broad SMARTS) is 1. The Morgan fingerprint density at radius 2 is 1.74 bits per heavy atom. The van der Waals surface area contributed by atoms with Crippen LogP contribution in [0.3, 0.4) is 0 Å². The van der Waals surface area contributed by atoms with Crippen LogP contribution in [-0.2, 0) is 14.4 Å². The quantitative estimate of drug-likeness (QED) is 0.229. The number of para-hydroxylation sites is 1. The number of carboxylic acids is 1. The molecule has 2 N–H and O–H groups in total. The average molecular weight is 424 g/mol. The number of ketones is 1. The van der Waals surface area contributed by atoms with Gasteiger partial charge in [-0.05, 0) is 19.4 Å². The molecule has 9 nitrogen and oxygen atoms in total. The van der Waals surface area contributed by atoms with Crippen LogP contribution in [0.1, 0.15) is 35.6 Å². The third-order valence-electron chi connectivity index (χ3n) is 5.08. The van der Waals surface area contributed by atoms with Gasteiger partial charge in [0.25, 0.3) is 17.4 Å². The molecule has 0 radical (unpaired) electrons. The first-order valence-corrected chi connectivity index (χ1v) is 9.53. The van der Waals surface area contributed by atoms with E-state index in [4.69, 9.17) is 5.11 Å². The fourth-order valence-electron chi connectivity index (χ4n) is 3.59. The number of benzene rings is 2. The minimum Gasteiger partial charge on any atom is -0.507 e. The maximum Gasteiger partial charge on any atom is 0.303 e. The summed E-state index contributed by atoms with van der Waals surface area (Å²) in [4.78, 5) is 48.6. The highest BCUT2D eigenvalue weighted by atomic mass is 16.6. The molecule has 0 saturated carbocycles. The molecule has 0 spiro atoms. The third-order valence-corrected chi connectivity index (χ3v) is 5.08. The van der Waals surface area contributed by atoms with E-state index in [1.54, 1.807) is 24.3 Å². The summed E-state index contributed by atoms with van der Waals surface area (Å²) in [6.07, 6.45) is -0.200. The van der Waals surface area contributed by atoms with Crippen molar-refractivity contribution in [1.29, 1.82) is 0 Å². The Morgan fingerprint density at radius 1 is 1.10 bits per heavy atom. The molecule has 0 aromatic heterocycles. The van der Waals surface area contributed by atoms with E-state index in [2.05, 4.69) is 0 Å². The number of Topliss-reactive ketones (excluding diaryl/α,β-unsaturated/α-hetero) is 1. The van der Waals surface area contributed by atoms with Crippen LogP contribution in [0, 0.1) is 17.0 Å². The van der Waals surface area contributed by atoms with Crippen LogP contribution in [0.25, 0.3) is 5.76 Å². The number of hydrogen-bond donors (Lipinski definition) is 2. The summed E-state index contributed by atoms with van der Waals surface area (Å²) in [6, 6.07) is 11.1. The lowest BCUT2D eigenvalue weighted by atomic mass is 9.94. The number of nitro benzene ring substituents is 1. The van der Waals surface area contributed by atoms with Gasteiger partial charge >= 0.3 is 5.97 Å². The van der Waals surface area contributed by atoms with E-state index in [9.17, 15) is 29.6 Å². The van der Waals surface area contributed by atoms with Gasteiger partial charge in [-0.25, -0.2) is 0 Å². The summed E-state index contributed by atoms with van der Waals surface area (Å²) in [6.45, 7) is 1.73. The molecule has 1 atom stereocenters. The highest BCUT2D eigenvalue weighted by Crippen LogP contribution is 2.42. The summed E-state index contributed by atoms with van der Waals surface area (Å²) >= 11 is 0. The molecule has 2 aromatic rings. The molecule has 1 fully saturated rings. The second-order valence-corrected chi connectivity index (χ2v) is 7.17. The normalized spacial score (nSPS) is 17.7. The number of aryl methyl sites for hydroxylation is 1. The van der Waals surface area contributed by atoms with Gasteiger partial charge in [0.15, 0.2) is 0 Å². The molecular formula is C22H20N2O7. The molecule has 1 aliphatic heterocycles. The average Bonchev–Trinajstić information content (AvgIpc) is 2.98. The van der Waals surface area contributed by atoms with Gasteiger partial charge in [0.1, 0.15) is 5.76 Å². The first kappa shape index (κ1) is 21.7. The van der Waals surface area contributed by atoms with Crippen LogP contribution in [0.2, 0.25) is 0 Å². The fraction of sp³-hybridized carbons (Fsp3) is 0.227. The molecule has 0 bridgehead atoms. The summed E-state index contributed by atoms with van der Waals surface area (Å²) in [5, 5.41) is 31.4. The van der Waals surface area contributed by atoms with Crippen molar-refractivity contribution in [3.05, 3.63) is 80.9 Å². The predicted molar refractivity (Wildman–Crippen MR) is 110 cm³/mol. The van der Waals surface area contributed by atoms with Crippen molar-refractivity contribution in [2.45, 2.75) is 25.8 Å². The van der Waals surface area contributed by atoms with Gasteiger partial charge in [-0.3, -0.25) is 24.5 Å². The summed E-state index contributed by atoms with van der Waals surface area (Å²) < 4.78 is 0. The number of nitro groups is 1. The molecule has 1 amide bonds. The first-order valence-electron chi connectivity index (χ1n) is 9.53. The molecule has 9 heteroatoms. The van der Waals surface area contributed by atoms with E-state index < -0.39 is 34.4 Å². The molecule has 3 rings (SSSR count). The number of carbonyl (C=O) groups is 3. The van der Waals surface area contributed by atoms with Crippen LogP contribution < -0.4 is 0 Å². The number of likely N-dealkylation sites (tertiary alicyclic amines) is 1. The number of carbonyl (C=O) groups excluding carboxylic acids is 2. The summed E-state index contributed by atoms with van der Waals surface area (Å²) in [7, 11) is 0. The van der Waals surface area contributed by atoms with Crippen molar-refractivity contribution in [3.63, 3.8) is 0 Å². The fourth-order valence-corrected chi connectivity index (χ4v) is 3.59. The maximum atomic E-state index is 12.9. The van der Waals surface area contributed by atoms with Gasteiger partial charge in [-0.1, -0.05) is 42.0 Å². The van der Waals surface area contributed by atoms with Crippen molar-refractivity contribution in [3.8, 4) is 0 Å². The zero-order chi connectivity index (χ0) is 22.7. The molecule has 2 aromatic carbocycles. The van der Waals surface area contributed by atoms with E-state index in [-0.39, 0.29) is 41.8 Å². The summed E-state index contributed by atoms with van der Waals surface area (Å²) in [5.74, 6) is -3.43. The zero-order valence-electron chi connectivity index (χ0n) is 16.6. The Kier molecular flexibility index (Phi) is 6.15. The van der Waals surface area contributed by atoms with Crippen molar-refractivity contribution in [2.75, 3.05) is 6.54 Å². The van der Waals surface area contributed by atoms with Gasteiger partial charge in [0, 0.05) is 24.6 Å². The highest BCUT2D eigenvalue weighted by molar-refractivity contribution is 6.46. The number of aliphatic hydroxyl groups is 1. The van der Waals surface area contributed by atoms with Crippen molar-refractivity contribution < 1.29 is 29.5 Å². The Hall–Kier alpha value is -4.01. The smallest absolute Gasteiger partial charge is 0.303 e. The van der Waals surface area contributed by atoms with Crippen LogP contribution >= 0.6 is 0 Å². The second-order valence-electron chi connectivity index (χ2n) is 7.17. The van der Waals surface area contributed by atoms with Crippen molar-refractivity contribution in [2.24, 2.45) is 0 Å². The van der Waals surface area contributed by atoms with Crippen LogP contribution in [0.15, 0.2) is 54.1 Å². The number of rotatable bonds is 7. The Labute approximate surface area is 177 Å². The maximum absolute atomic E-state index is 12.9. The topological polar surface area (TPSA) is 138 Å². The van der Waals surface area contributed by atoms with Gasteiger partial charge in [0.05, 0.1) is 22.1 Å². The Balaban J connectivity index is 2.18. The van der Waals surface area contributed by atoms with Gasteiger partial charge < -0.3 is 15.1 Å². The van der Waals surface area contributed by atoms with E-state index in [0.717, 1.165) is 10.5 Å². The lowest BCUT2D eigenvalue weighted by Crippen LogP contribution is -2.31. The minimum atomic E-state index is -1.21. The lowest BCUT2D eigenvalue weighted by Gasteiger charge is -2.25. The highest BCUT2D eigenvalue weighted by Gasteiger charge is 2.47. The van der Waals surface area contributed by atoms with Crippen LogP contribution in [-0.4, -0.2) is 44.2 Å². The largest absolute Gasteiger partial charge is 0.507 e. The molecule has 160 valence electrons. The molecule has 0 aliphatic carbocycles. The Bertz CT molecular complexity index is 1090. The number of hydrogen-bond acceptors (Lipinski definition) is 6. The molecule has 0 unspecified atom stereocenters. The zero-order valence-corrected chi connectivity index (χ0v) is 16.6. The molecule has 1 heterocycles. The van der Waals surface area contributed by atoms with Crippen molar-refractivity contribution >= 4 is 29.1 Å². The van der Waals surface area contributed by atoms with Gasteiger partial charge in [-0.2, -0.15) is 0 Å². The molecule has 1 saturated heterocycles. The van der Waals surface area contributed by atoms with Gasteiger partial charge in [-0.15, -0.1) is 0 Å².